The molecule has 2 rings (SSSR count). The molecule has 0 aromatic heterocycles. The van der Waals surface area contributed by atoms with Crippen molar-refractivity contribution in [1.82, 2.24) is 5.32 Å². The fraction of sp³-hybridized carbons (Fsp3) is 0.364. The van der Waals surface area contributed by atoms with Gasteiger partial charge in [-0.2, -0.15) is 0 Å². The van der Waals surface area contributed by atoms with Gasteiger partial charge < -0.3 is 14.8 Å². The summed E-state index contributed by atoms with van der Waals surface area (Å²) in [4.78, 5) is 11.0. The fourth-order valence-electron chi connectivity index (χ4n) is 1.63. The summed E-state index contributed by atoms with van der Waals surface area (Å²) in [6.07, 6.45) is -0.410. The number of halogens is 1. The Balaban J connectivity index is 2.29. The van der Waals surface area contributed by atoms with Gasteiger partial charge in [0.15, 0.2) is 0 Å². The van der Waals surface area contributed by atoms with Crippen molar-refractivity contribution in [3.8, 4) is 5.75 Å². The van der Waals surface area contributed by atoms with Crippen LogP contribution in [0.15, 0.2) is 18.2 Å². The maximum absolute atomic E-state index is 11.0. The van der Waals surface area contributed by atoms with E-state index in [-0.39, 0.29) is 6.04 Å². The van der Waals surface area contributed by atoms with Gasteiger partial charge in [-0.1, -0.05) is 11.6 Å². The number of rotatable bonds is 3. The van der Waals surface area contributed by atoms with Crippen molar-refractivity contribution in [2.75, 3.05) is 13.2 Å². The molecule has 5 heteroatoms. The summed E-state index contributed by atoms with van der Waals surface area (Å²) in [5.41, 5.74) is 0.847. The largest absolute Gasteiger partial charge is 0.494 e. The molecule has 1 heterocycles. The molecule has 0 bridgehead atoms. The van der Waals surface area contributed by atoms with Crippen LogP contribution < -0.4 is 10.1 Å². The highest BCUT2D eigenvalue weighted by molar-refractivity contribution is 6.30. The molecule has 1 atom stereocenters. The lowest BCUT2D eigenvalue weighted by molar-refractivity contribution is 0.176. The van der Waals surface area contributed by atoms with Gasteiger partial charge >= 0.3 is 6.09 Å². The number of hydrogen-bond donors (Lipinski definition) is 1. The van der Waals surface area contributed by atoms with Crippen molar-refractivity contribution in [2.45, 2.75) is 13.0 Å². The average Bonchev–Trinajstić information content (AvgIpc) is 2.68. The number of cyclic esters (lactones) is 1. The lowest BCUT2D eigenvalue weighted by Gasteiger charge is -2.14. The van der Waals surface area contributed by atoms with Crippen LogP contribution in [0.3, 0.4) is 0 Å². The Morgan fingerprint density at radius 1 is 1.62 bits per heavy atom. The zero-order valence-electron chi connectivity index (χ0n) is 8.83. The van der Waals surface area contributed by atoms with Crippen LogP contribution in [0, 0.1) is 0 Å². The smallest absolute Gasteiger partial charge is 0.407 e. The third-order valence-corrected chi connectivity index (χ3v) is 2.56. The number of carbonyl (C=O) groups is 1. The molecular weight excluding hydrogens is 230 g/mol. The molecule has 4 nitrogen and oxygen atoms in total. The van der Waals surface area contributed by atoms with E-state index in [1.165, 1.54) is 0 Å². The lowest BCUT2D eigenvalue weighted by atomic mass is 10.1. The molecule has 0 radical (unpaired) electrons. The first-order valence-corrected chi connectivity index (χ1v) is 5.44. The van der Waals surface area contributed by atoms with E-state index >= 15 is 0 Å². The van der Waals surface area contributed by atoms with Gasteiger partial charge in [0.05, 0.1) is 12.6 Å². The summed E-state index contributed by atoms with van der Waals surface area (Å²) >= 11 is 5.92. The van der Waals surface area contributed by atoms with Crippen molar-refractivity contribution in [2.24, 2.45) is 0 Å². The second kappa shape index (κ2) is 4.61. The molecule has 16 heavy (non-hydrogen) atoms. The van der Waals surface area contributed by atoms with E-state index in [4.69, 9.17) is 21.1 Å². The highest BCUT2D eigenvalue weighted by Gasteiger charge is 2.26. The van der Waals surface area contributed by atoms with Crippen LogP contribution in [0.5, 0.6) is 5.75 Å². The van der Waals surface area contributed by atoms with Crippen LogP contribution in [0.2, 0.25) is 5.02 Å². The van der Waals surface area contributed by atoms with E-state index < -0.39 is 6.09 Å². The van der Waals surface area contributed by atoms with E-state index in [0.717, 1.165) is 11.3 Å². The van der Waals surface area contributed by atoms with E-state index in [9.17, 15) is 4.79 Å². The number of hydrogen-bond acceptors (Lipinski definition) is 3. The Labute approximate surface area is 98.5 Å². The second-order valence-corrected chi connectivity index (χ2v) is 3.85. The Morgan fingerprint density at radius 3 is 3.06 bits per heavy atom. The highest BCUT2D eigenvalue weighted by atomic mass is 35.5. The summed E-state index contributed by atoms with van der Waals surface area (Å²) in [5.74, 6) is 0.725. The van der Waals surface area contributed by atoms with Gasteiger partial charge in [0.25, 0.3) is 0 Å². The third-order valence-electron chi connectivity index (χ3n) is 2.32. The normalized spacial score (nSPS) is 19.1. The van der Waals surface area contributed by atoms with E-state index in [1.54, 1.807) is 18.2 Å². The van der Waals surface area contributed by atoms with Gasteiger partial charge in [-0.05, 0) is 25.1 Å². The SMILES string of the molecule is CCOc1ccc(Cl)cc1C1COC(=O)N1. The van der Waals surface area contributed by atoms with Crippen molar-refractivity contribution in [3.05, 3.63) is 28.8 Å². The Morgan fingerprint density at radius 2 is 2.44 bits per heavy atom. The van der Waals surface area contributed by atoms with Crippen LogP contribution in [-0.2, 0) is 4.74 Å². The number of nitrogens with one attached hydrogen (secondary N) is 1. The van der Waals surface area contributed by atoms with Gasteiger partial charge in [-0.15, -0.1) is 0 Å². The molecule has 0 saturated carbocycles. The summed E-state index contributed by atoms with van der Waals surface area (Å²) < 4.78 is 10.3. The maximum atomic E-state index is 11.0. The van der Waals surface area contributed by atoms with E-state index in [1.807, 2.05) is 6.92 Å². The molecule has 1 fully saturated rings. The molecular formula is C11H12ClNO3. The zero-order chi connectivity index (χ0) is 11.5. The van der Waals surface area contributed by atoms with Crippen LogP contribution >= 0.6 is 11.6 Å². The maximum Gasteiger partial charge on any atom is 0.407 e. The number of benzene rings is 1. The predicted molar refractivity (Wildman–Crippen MR) is 59.8 cm³/mol. The Bertz CT molecular complexity index is 408. The van der Waals surface area contributed by atoms with E-state index in [0.29, 0.717) is 18.2 Å². The summed E-state index contributed by atoms with van der Waals surface area (Å²) in [5, 5.41) is 3.31. The van der Waals surface area contributed by atoms with Crippen LogP contribution in [0.25, 0.3) is 0 Å². The standard InChI is InChI=1S/C11H12ClNO3/c1-2-15-10-4-3-7(12)5-8(10)9-6-16-11(14)13-9/h3-5,9H,2,6H2,1H3,(H,13,14). The van der Waals surface area contributed by atoms with Crippen molar-refractivity contribution < 1.29 is 14.3 Å². The molecule has 0 spiro atoms. The number of amides is 1. The molecule has 86 valence electrons. The average molecular weight is 242 g/mol. The number of alkyl carbamates (subject to hydrolysis) is 1. The molecule has 1 amide bonds. The summed E-state index contributed by atoms with van der Waals surface area (Å²) in [7, 11) is 0. The fourth-order valence-corrected chi connectivity index (χ4v) is 1.81. The molecule has 1 aromatic rings. The molecule has 1 unspecified atom stereocenters. The minimum atomic E-state index is -0.410. The minimum absolute atomic E-state index is 0.187. The topological polar surface area (TPSA) is 47.6 Å². The monoisotopic (exact) mass is 241 g/mol. The molecule has 1 aliphatic heterocycles. The lowest BCUT2D eigenvalue weighted by Crippen LogP contribution is -2.19. The molecule has 1 aromatic carbocycles. The van der Waals surface area contributed by atoms with Crippen molar-refractivity contribution in [1.29, 1.82) is 0 Å². The first kappa shape index (κ1) is 11.1. The van der Waals surface area contributed by atoms with Gasteiger partial charge in [0.1, 0.15) is 12.4 Å². The first-order valence-electron chi connectivity index (χ1n) is 5.06. The molecule has 0 aliphatic carbocycles. The Kier molecular flexibility index (Phi) is 3.19. The van der Waals surface area contributed by atoms with Crippen molar-refractivity contribution >= 4 is 17.7 Å². The highest BCUT2D eigenvalue weighted by Crippen LogP contribution is 2.30. The van der Waals surface area contributed by atoms with Crippen LogP contribution in [-0.4, -0.2) is 19.3 Å². The van der Waals surface area contributed by atoms with Gasteiger partial charge in [-0.25, -0.2) is 4.79 Å². The van der Waals surface area contributed by atoms with Crippen LogP contribution in [0.4, 0.5) is 4.79 Å². The second-order valence-electron chi connectivity index (χ2n) is 3.41. The van der Waals surface area contributed by atoms with Gasteiger partial charge in [-0.3, -0.25) is 0 Å². The first-order chi connectivity index (χ1) is 7.70. The number of carbonyl (C=O) groups excluding carboxylic acids is 1. The molecule has 1 saturated heterocycles. The zero-order valence-corrected chi connectivity index (χ0v) is 9.58. The molecule has 1 N–H and O–H groups in total. The summed E-state index contributed by atoms with van der Waals surface area (Å²) in [6, 6.07) is 5.15. The quantitative estimate of drug-likeness (QED) is 0.885. The predicted octanol–water partition coefficient (Wildman–Crippen LogP) is 2.52. The van der Waals surface area contributed by atoms with Gasteiger partial charge in [0.2, 0.25) is 0 Å². The van der Waals surface area contributed by atoms with Crippen LogP contribution in [0.1, 0.15) is 18.5 Å². The van der Waals surface area contributed by atoms with Crippen molar-refractivity contribution in [3.63, 3.8) is 0 Å². The minimum Gasteiger partial charge on any atom is -0.494 e. The summed E-state index contributed by atoms with van der Waals surface area (Å²) in [6.45, 7) is 2.78. The number of ether oxygens (including phenoxy) is 2. The third kappa shape index (κ3) is 2.22. The van der Waals surface area contributed by atoms with E-state index in [2.05, 4.69) is 5.32 Å². The van der Waals surface area contributed by atoms with Gasteiger partial charge in [0, 0.05) is 10.6 Å². The molecule has 1 aliphatic rings. The Hall–Kier alpha value is -1.42.